The Kier molecular flexibility index (Phi) is 3.63. The lowest BCUT2D eigenvalue weighted by Gasteiger charge is -2.24. The number of hydrogen-bond acceptors (Lipinski definition) is 3. The van der Waals surface area contributed by atoms with Gasteiger partial charge >= 0.3 is 0 Å². The number of fused-ring (bicyclic) bond motifs is 2. The van der Waals surface area contributed by atoms with Gasteiger partial charge < -0.3 is 4.90 Å². The number of carbonyl (C=O) groups excluding carboxylic acids is 1. The molecule has 23 heavy (non-hydrogen) atoms. The quantitative estimate of drug-likeness (QED) is 0.872. The molecule has 0 unspecified atom stereocenters. The Labute approximate surface area is 136 Å². The largest absolute Gasteiger partial charge is 0.311 e. The average molecular weight is 310 g/mol. The Balaban J connectivity index is 1.47. The van der Waals surface area contributed by atoms with Crippen molar-refractivity contribution in [1.29, 1.82) is 0 Å². The van der Waals surface area contributed by atoms with Crippen LogP contribution in [0.15, 0.2) is 36.9 Å². The van der Waals surface area contributed by atoms with Crippen molar-refractivity contribution in [2.45, 2.75) is 50.5 Å². The average Bonchev–Trinajstić information content (AvgIpc) is 3.30. The zero-order chi connectivity index (χ0) is 15.7. The molecule has 1 aromatic carbocycles. The van der Waals surface area contributed by atoms with Crippen LogP contribution in [-0.4, -0.2) is 27.2 Å². The van der Waals surface area contributed by atoms with E-state index < -0.39 is 0 Å². The van der Waals surface area contributed by atoms with Crippen LogP contribution >= 0.6 is 0 Å². The van der Waals surface area contributed by atoms with Gasteiger partial charge in [0.15, 0.2) is 0 Å². The lowest BCUT2D eigenvalue weighted by atomic mass is 9.81. The summed E-state index contributed by atoms with van der Waals surface area (Å²) in [7, 11) is 0. The molecule has 0 atom stereocenters. The number of carbonyl (C=O) groups is 1. The summed E-state index contributed by atoms with van der Waals surface area (Å²) >= 11 is 0. The highest BCUT2D eigenvalue weighted by Crippen LogP contribution is 2.50. The molecule has 5 heteroatoms. The molecule has 1 fully saturated rings. The van der Waals surface area contributed by atoms with Crippen molar-refractivity contribution in [3.05, 3.63) is 42.5 Å². The van der Waals surface area contributed by atoms with Crippen LogP contribution in [0.2, 0.25) is 0 Å². The molecule has 4 rings (SSSR count). The van der Waals surface area contributed by atoms with Crippen LogP contribution in [-0.2, 0) is 16.8 Å². The van der Waals surface area contributed by atoms with E-state index in [9.17, 15) is 4.79 Å². The first kappa shape index (κ1) is 14.4. The zero-order valence-corrected chi connectivity index (χ0v) is 13.3. The molecule has 2 heterocycles. The van der Waals surface area contributed by atoms with Crippen molar-refractivity contribution >= 4 is 11.6 Å². The number of benzene rings is 1. The second kappa shape index (κ2) is 5.80. The molecule has 1 aromatic heterocycles. The molecule has 0 radical (unpaired) electrons. The number of nitrogens with zero attached hydrogens (tertiary/aromatic N) is 4. The minimum atomic E-state index is 0.220. The lowest BCUT2D eigenvalue weighted by Crippen LogP contribution is -2.35. The molecule has 0 saturated heterocycles. The summed E-state index contributed by atoms with van der Waals surface area (Å²) < 4.78 is 1.78. The standard InChI is InChI=1S/C18H22N4O/c23-17(8-5-11-21-14-19-13-20-21)22-12-18(9-3-4-10-18)15-6-1-2-7-16(15)22/h1-2,6-7,13-14H,3-5,8-12H2. The number of anilines is 1. The molecule has 1 amide bonds. The van der Waals surface area contributed by atoms with Crippen molar-refractivity contribution in [2.75, 3.05) is 11.4 Å². The third-order valence-electron chi connectivity index (χ3n) is 5.33. The van der Waals surface area contributed by atoms with Gasteiger partial charge in [0.1, 0.15) is 12.7 Å². The molecule has 120 valence electrons. The van der Waals surface area contributed by atoms with E-state index in [4.69, 9.17) is 0 Å². The van der Waals surface area contributed by atoms with Gasteiger partial charge in [0.05, 0.1) is 0 Å². The first-order chi connectivity index (χ1) is 11.3. The fourth-order valence-corrected chi connectivity index (χ4v) is 4.21. The van der Waals surface area contributed by atoms with Crippen molar-refractivity contribution in [3.8, 4) is 0 Å². The van der Waals surface area contributed by atoms with E-state index in [1.54, 1.807) is 11.0 Å². The number of amides is 1. The summed E-state index contributed by atoms with van der Waals surface area (Å²) in [6, 6.07) is 8.49. The van der Waals surface area contributed by atoms with Gasteiger partial charge in [-0.1, -0.05) is 31.0 Å². The van der Waals surface area contributed by atoms with Gasteiger partial charge in [-0.3, -0.25) is 9.48 Å². The first-order valence-corrected chi connectivity index (χ1v) is 8.51. The number of para-hydroxylation sites is 1. The number of rotatable bonds is 4. The minimum absolute atomic E-state index is 0.220. The fourth-order valence-electron chi connectivity index (χ4n) is 4.21. The van der Waals surface area contributed by atoms with Crippen LogP contribution < -0.4 is 4.90 Å². The predicted octanol–water partition coefficient (Wildman–Crippen LogP) is 2.92. The smallest absolute Gasteiger partial charge is 0.227 e. The van der Waals surface area contributed by atoms with Crippen molar-refractivity contribution < 1.29 is 4.79 Å². The number of hydrogen-bond donors (Lipinski definition) is 0. The summed E-state index contributed by atoms with van der Waals surface area (Å²) in [4.78, 5) is 18.7. The zero-order valence-electron chi connectivity index (χ0n) is 13.3. The Bertz CT molecular complexity index is 689. The SMILES string of the molecule is O=C(CCCn1cncn1)N1CC2(CCCC2)c2ccccc21. The normalized spacial score (nSPS) is 18.5. The van der Waals surface area contributed by atoms with Gasteiger partial charge in [0, 0.05) is 30.6 Å². The van der Waals surface area contributed by atoms with Crippen molar-refractivity contribution in [1.82, 2.24) is 14.8 Å². The molecule has 1 spiro atoms. The fraction of sp³-hybridized carbons (Fsp3) is 0.500. The topological polar surface area (TPSA) is 51.0 Å². The van der Waals surface area contributed by atoms with E-state index in [1.807, 2.05) is 11.0 Å². The third kappa shape index (κ3) is 2.54. The second-order valence-electron chi connectivity index (χ2n) is 6.75. The lowest BCUT2D eigenvalue weighted by molar-refractivity contribution is -0.118. The van der Waals surface area contributed by atoms with E-state index in [-0.39, 0.29) is 11.3 Å². The summed E-state index contributed by atoms with van der Waals surface area (Å²) in [5.41, 5.74) is 2.75. The highest BCUT2D eigenvalue weighted by Gasteiger charge is 2.45. The molecule has 1 aliphatic carbocycles. The molecule has 5 nitrogen and oxygen atoms in total. The van der Waals surface area contributed by atoms with E-state index in [0.717, 1.165) is 25.2 Å². The summed E-state index contributed by atoms with van der Waals surface area (Å²) in [5, 5.41) is 4.09. The molecule has 2 aromatic rings. The highest BCUT2D eigenvalue weighted by molar-refractivity contribution is 5.96. The van der Waals surface area contributed by atoms with Gasteiger partial charge in [0.2, 0.25) is 5.91 Å². The summed E-state index contributed by atoms with van der Waals surface area (Å²) in [6.07, 6.45) is 9.58. The third-order valence-corrected chi connectivity index (χ3v) is 5.33. The molecule has 1 aliphatic heterocycles. The van der Waals surface area contributed by atoms with Gasteiger partial charge in [-0.15, -0.1) is 0 Å². The molecular weight excluding hydrogens is 288 g/mol. The van der Waals surface area contributed by atoms with Crippen LogP contribution in [0.1, 0.15) is 44.1 Å². The van der Waals surface area contributed by atoms with E-state index in [2.05, 4.69) is 28.3 Å². The maximum absolute atomic E-state index is 12.8. The van der Waals surface area contributed by atoms with Crippen LogP contribution in [0.4, 0.5) is 5.69 Å². The number of aromatic nitrogens is 3. The Hall–Kier alpha value is -2.17. The monoisotopic (exact) mass is 310 g/mol. The molecule has 2 aliphatic rings. The molecule has 1 saturated carbocycles. The maximum Gasteiger partial charge on any atom is 0.227 e. The van der Waals surface area contributed by atoms with E-state index in [1.165, 1.54) is 37.6 Å². The summed E-state index contributed by atoms with van der Waals surface area (Å²) in [5.74, 6) is 0.237. The number of aryl methyl sites for hydroxylation is 1. The van der Waals surface area contributed by atoms with Gasteiger partial charge in [-0.25, -0.2) is 4.98 Å². The van der Waals surface area contributed by atoms with Gasteiger partial charge in [0.25, 0.3) is 0 Å². The van der Waals surface area contributed by atoms with Gasteiger partial charge in [-0.05, 0) is 30.9 Å². The van der Waals surface area contributed by atoms with Crippen LogP contribution in [0, 0.1) is 0 Å². The highest BCUT2D eigenvalue weighted by atomic mass is 16.2. The van der Waals surface area contributed by atoms with Crippen LogP contribution in [0.3, 0.4) is 0 Å². The van der Waals surface area contributed by atoms with E-state index >= 15 is 0 Å². The minimum Gasteiger partial charge on any atom is -0.311 e. The Morgan fingerprint density at radius 3 is 2.83 bits per heavy atom. The van der Waals surface area contributed by atoms with Crippen molar-refractivity contribution in [3.63, 3.8) is 0 Å². The summed E-state index contributed by atoms with van der Waals surface area (Å²) in [6.45, 7) is 1.61. The maximum atomic E-state index is 12.8. The Morgan fingerprint density at radius 1 is 1.22 bits per heavy atom. The second-order valence-corrected chi connectivity index (χ2v) is 6.75. The van der Waals surface area contributed by atoms with E-state index in [0.29, 0.717) is 6.42 Å². The predicted molar refractivity (Wildman–Crippen MR) is 88.2 cm³/mol. The van der Waals surface area contributed by atoms with Crippen LogP contribution in [0.5, 0.6) is 0 Å². The molecular formula is C18H22N4O. The van der Waals surface area contributed by atoms with Crippen LogP contribution in [0.25, 0.3) is 0 Å². The van der Waals surface area contributed by atoms with Gasteiger partial charge in [-0.2, -0.15) is 5.10 Å². The molecule has 0 bridgehead atoms. The Morgan fingerprint density at radius 2 is 2.04 bits per heavy atom. The molecule has 0 N–H and O–H groups in total. The first-order valence-electron chi connectivity index (χ1n) is 8.51. The van der Waals surface area contributed by atoms with Crippen molar-refractivity contribution in [2.24, 2.45) is 0 Å².